The first kappa shape index (κ1) is 32.7. The third kappa shape index (κ3) is 8.67. The second-order valence-corrected chi connectivity index (χ2v) is 9.50. The van der Waals surface area contributed by atoms with Crippen molar-refractivity contribution in [1.82, 2.24) is 19.6 Å². The average molecular weight is 640 g/mol. The Bertz CT molecular complexity index is 540. The van der Waals surface area contributed by atoms with Gasteiger partial charge in [-0.2, -0.15) is 0 Å². The fourth-order valence-electron chi connectivity index (χ4n) is 5.75. The van der Waals surface area contributed by atoms with Crippen molar-refractivity contribution in [1.29, 1.82) is 0 Å². The third-order valence-corrected chi connectivity index (χ3v) is 7.78. The molecule has 1 unspecified atom stereocenters. The van der Waals surface area contributed by atoms with Crippen LogP contribution >= 0.6 is 0 Å². The summed E-state index contributed by atoms with van der Waals surface area (Å²) in [6.45, 7) is 13.1. The largest absolute Gasteiger partial charge is 0.542 e. The first-order valence-electron chi connectivity index (χ1n) is 12.5. The molecular weight excluding hydrogens is 591 g/mol. The van der Waals surface area contributed by atoms with Gasteiger partial charge in [0.15, 0.2) is 0 Å². The van der Waals surface area contributed by atoms with Gasteiger partial charge in [-0.25, -0.2) is 0 Å². The summed E-state index contributed by atoms with van der Waals surface area (Å²) in [5.41, 5.74) is 0. The molecule has 7 heteroatoms. The summed E-state index contributed by atoms with van der Waals surface area (Å²) in [5, 5.41) is 0. The Morgan fingerprint density at radius 3 is 1.82 bits per heavy atom. The molecular formula is C26H49N4O2Os-3. The molecule has 0 spiro atoms. The van der Waals surface area contributed by atoms with Gasteiger partial charge in [0, 0.05) is 90.2 Å². The minimum Gasteiger partial charge on any atom is -0.542 e. The number of hydrogen-bond donors (Lipinski definition) is 0. The third-order valence-electron chi connectivity index (χ3n) is 7.78. The predicted molar refractivity (Wildman–Crippen MR) is 134 cm³/mol. The van der Waals surface area contributed by atoms with Gasteiger partial charge in [-0.15, -0.1) is 5.92 Å². The molecule has 4 aliphatic rings. The maximum absolute atomic E-state index is 12.9. The standard InChI is InChI=1S/C22H37N4O2.C2H6.2CH3.Os/c1-23-12-14-24(15-13-23)21-8-11-26(16-21)20-6-9-25(10-7-20)22(28)19-4-2-18(17-27)3-5-19;1-2;;;/h18-21H,2-16H2,1H3;1-2H3;2*1H3;/q-1;;2*-1;. The van der Waals surface area contributed by atoms with E-state index in [0.29, 0.717) is 11.9 Å². The van der Waals surface area contributed by atoms with Crippen molar-refractivity contribution in [3.05, 3.63) is 14.9 Å². The molecule has 1 saturated carbocycles. The van der Waals surface area contributed by atoms with E-state index in [9.17, 15) is 9.59 Å². The second kappa shape index (κ2) is 16.4. The van der Waals surface area contributed by atoms with Gasteiger partial charge in [-0.05, 0) is 39.2 Å². The summed E-state index contributed by atoms with van der Waals surface area (Å²) in [4.78, 5) is 33.6. The van der Waals surface area contributed by atoms with Gasteiger partial charge >= 0.3 is 0 Å². The molecule has 196 valence electrons. The maximum Gasteiger partial charge on any atom is 0.225 e. The minimum atomic E-state index is 0. The van der Waals surface area contributed by atoms with Crippen LogP contribution in [-0.2, 0) is 29.4 Å². The molecule has 1 atom stereocenters. The summed E-state index contributed by atoms with van der Waals surface area (Å²) in [7, 11) is 2.22. The number of carbonyl (C=O) groups is 1. The molecule has 4 fully saturated rings. The van der Waals surface area contributed by atoms with Crippen LogP contribution in [0.4, 0.5) is 0 Å². The van der Waals surface area contributed by atoms with Crippen LogP contribution in [0.15, 0.2) is 0 Å². The van der Waals surface area contributed by atoms with Crippen molar-refractivity contribution in [3.63, 3.8) is 0 Å². The first-order valence-corrected chi connectivity index (χ1v) is 12.5. The summed E-state index contributed by atoms with van der Waals surface area (Å²) in [5.74, 6) is 0.562. The Balaban J connectivity index is 0.00000199. The summed E-state index contributed by atoms with van der Waals surface area (Å²) >= 11 is 0. The molecule has 1 aliphatic carbocycles. The molecule has 3 aliphatic heterocycles. The van der Waals surface area contributed by atoms with Crippen molar-refractivity contribution < 1.29 is 29.4 Å². The van der Waals surface area contributed by atoms with E-state index in [1.807, 2.05) is 13.8 Å². The van der Waals surface area contributed by atoms with Gasteiger partial charge in [-0.3, -0.25) is 20.9 Å². The number of carbonyl (C=O) groups excluding carboxylic acids is 2. The molecule has 0 aromatic heterocycles. The number of likely N-dealkylation sites (N-methyl/N-ethyl adjacent to an activating group) is 1. The van der Waals surface area contributed by atoms with Crippen LogP contribution in [0.2, 0.25) is 0 Å². The minimum absolute atomic E-state index is 0. The van der Waals surface area contributed by atoms with Crippen molar-refractivity contribution in [2.75, 3.05) is 59.4 Å². The van der Waals surface area contributed by atoms with Gasteiger partial charge in [0.25, 0.3) is 0 Å². The Labute approximate surface area is 217 Å². The van der Waals surface area contributed by atoms with E-state index in [4.69, 9.17) is 0 Å². The molecule has 4 rings (SSSR count). The van der Waals surface area contributed by atoms with Crippen LogP contribution in [0, 0.1) is 26.7 Å². The number of piperazine rings is 1. The monoisotopic (exact) mass is 641 g/mol. The van der Waals surface area contributed by atoms with Crippen molar-refractivity contribution in [3.8, 4) is 0 Å². The number of nitrogens with zero attached hydrogens (tertiary/aromatic N) is 4. The normalized spacial score (nSPS) is 29.5. The van der Waals surface area contributed by atoms with E-state index in [1.165, 1.54) is 45.7 Å². The quantitative estimate of drug-likeness (QED) is 0.443. The molecule has 6 nitrogen and oxygen atoms in total. The number of amides is 1. The topological polar surface area (TPSA) is 47.1 Å². The van der Waals surface area contributed by atoms with Crippen LogP contribution in [0.25, 0.3) is 0 Å². The first-order chi connectivity index (χ1) is 14.6. The average Bonchev–Trinajstić information content (AvgIpc) is 3.31. The second-order valence-electron chi connectivity index (χ2n) is 9.50. The number of hydrogen-bond acceptors (Lipinski definition) is 5. The molecule has 0 bridgehead atoms. The fraction of sp³-hybridized carbons (Fsp3) is 0.846. The Morgan fingerprint density at radius 2 is 1.27 bits per heavy atom. The van der Waals surface area contributed by atoms with E-state index in [-0.39, 0.29) is 46.5 Å². The van der Waals surface area contributed by atoms with Crippen molar-refractivity contribution >= 4 is 12.2 Å². The molecule has 33 heavy (non-hydrogen) atoms. The van der Waals surface area contributed by atoms with E-state index < -0.39 is 0 Å². The Morgan fingerprint density at radius 1 is 0.727 bits per heavy atom. The zero-order valence-electron chi connectivity index (χ0n) is 21.9. The Kier molecular flexibility index (Phi) is 16.2. The molecule has 0 radical (unpaired) electrons. The number of likely N-dealkylation sites (tertiary alicyclic amines) is 2. The summed E-state index contributed by atoms with van der Waals surface area (Å²) in [6, 6.07) is 1.39. The van der Waals surface area contributed by atoms with Crippen LogP contribution in [0.5, 0.6) is 0 Å². The Hall–Kier alpha value is -0.344. The molecule has 3 saturated heterocycles. The van der Waals surface area contributed by atoms with Gasteiger partial charge in [-0.1, -0.05) is 26.7 Å². The van der Waals surface area contributed by atoms with Crippen molar-refractivity contribution in [2.24, 2.45) is 11.8 Å². The van der Waals surface area contributed by atoms with Gasteiger partial charge < -0.3 is 29.4 Å². The van der Waals surface area contributed by atoms with Gasteiger partial charge in [0.2, 0.25) is 5.91 Å². The molecule has 3 heterocycles. The van der Waals surface area contributed by atoms with E-state index in [1.54, 1.807) is 0 Å². The molecule has 1 amide bonds. The van der Waals surface area contributed by atoms with Gasteiger partial charge in [0.1, 0.15) is 0 Å². The van der Waals surface area contributed by atoms with Crippen molar-refractivity contribution in [2.45, 2.75) is 70.9 Å². The van der Waals surface area contributed by atoms with E-state index in [2.05, 4.69) is 32.9 Å². The molecule has 0 aromatic rings. The molecule has 0 aromatic carbocycles. The SMILES string of the molecule is CC.CN1CCN(C2CCN(C3CCN(C(=O)C4CCC([C-]=O)CC4)CC3)C2)CC1.[CH3-].[CH3-].[Os]. The van der Waals surface area contributed by atoms with E-state index in [0.717, 1.165) is 57.7 Å². The summed E-state index contributed by atoms with van der Waals surface area (Å²) in [6.07, 6.45) is 9.11. The van der Waals surface area contributed by atoms with Crippen LogP contribution in [0.3, 0.4) is 0 Å². The van der Waals surface area contributed by atoms with Crippen LogP contribution < -0.4 is 0 Å². The van der Waals surface area contributed by atoms with E-state index >= 15 is 0 Å². The van der Waals surface area contributed by atoms with Gasteiger partial charge in [0.05, 0.1) is 0 Å². The molecule has 0 N–H and O–H groups in total. The number of piperidine rings is 1. The fourth-order valence-corrected chi connectivity index (χ4v) is 5.75. The smallest absolute Gasteiger partial charge is 0.225 e. The zero-order chi connectivity index (χ0) is 21.5. The summed E-state index contributed by atoms with van der Waals surface area (Å²) < 4.78 is 0. The maximum atomic E-state index is 12.9. The zero-order valence-corrected chi connectivity index (χ0v) is 24.4. The predicted octanol–water partition coefficient (Wildman–Crippen LogP) is 3.14. The van der Waals surface area contributed by atoms with Crippen LogP contribution in [0.1, 0.15) is 58.8 Å². The van der Waals surface area contributed by atoms with Crippen LogP contribution in [-0.4, -0.2) is 103 Å². The number of rotatable bonds is 4.